The number of rotatable bonds is 3. The molecule has 1 fully saturated rings. The summed E-state index contributed by atoms with van der Waals surface area (Å²) in [6.07, 6.45) is 5.11. The Morgan fingerprint density at radius 3 is 2.72 bits per heavy atom. The first-order chi connectivity index (χ1) is 7.97. The van der Waals surface area contributed by atoms with E-state index in [2.05, 4.69) is 37.0 Å². The van der Waals surface area contributed by atoms with Crippen LogP contribution in [0.2, 0.25) is 0 Å². The molecule has 1 aliphatic heterocycles. The van der Waals surface area contributed by atoms with Crippen LogP contribution in [0.15, 0.2) is 12.4 Å². The highest BCUT2D eigenvalue weighted by Crippen LogP contribution is 2.27. The average molecular weight is 273 g/mol. The fourth-order valence-corrected chi connectivity index (χ4v) is 2.51. The molecule has 0 radical (unpaired) electrons. The largest absolute Gasteiger partial charge is 0.327 e. The second-order valence-electron chi connectivity index (χ2n) is 5.94. The van der Waals surface area contributed by atoms with Gasteiger partial charge in [-0.2, -0.15) is 5.10 Å². The first-order valence-electron chi connectivity index (χ1n) is 6.44. The molecule has 2 rings (SSSR count). The minimum Gasteiger partial charge on any atom is -0.327 e. The fraction of sp³-hybridized carbons (Fsp3) is 0.769. The van der Waals surface area contributed by atoms with Gasteiger partial charge < -0.3 is 10.6 Å². The Hall–Kier alpha value is -0.580. The number of hydrogen-bond donors (Lipinski definition) is 1. The van der Waals surface area contributed by atoms with E-state index in [1.165, 1.54) is 5.56 Å². The molecule has 0 saturated carbocycles. The van der Waals surface area contributed by atoms with E-state index in [0.717, 1.165) is 32.6 Å². The van der Waals surface area contributed by atoms with Crippen molar-refractivity contribution in [1.29, 1.82) is 0 Å². The number of aryl methyl sites for hydroxylation is 1. The van der Waals surface area contributed by atoms with E-state index < -0.39 is 0 Å². The van der Waals surface area contributed by atoms with Gasteiger partial charge in [0, 0.05) is 25.3 Å². The van der Waals surface area contributed by atoms with Crippen molar-refractivity contribution in [3.63, 3.8) is 0 Å². The summed E-state index contributed by atoms with van der Waals surface area (Å²) in [6.45, 7) is 10.9. The van der Waals surface area contributed by atoms with Crippen molar-refractivity contribution in [2.75, 3.05) is 19.6 Å². The van der Waals surface area contributed by atoms with Crippen LogP contribution in [0.1, 0.15) is 25.8 Å². The molecular weight excluding hydrogens is 248 g/mol. The molecule has 0 amide bonds. The zero-order valence-corrected chi connectivity index (χ0v) is 12.4. The second kappa shape index (κ2) is 6.04. The van der Waals surface area contributed by atoms with Gasteiger partial charge in [0.15, 0.2) is 0 Å². The number of aromatic nitrogens is 2. The SMILES string of the molecule is Cc1cnn(CCN2CCC(N)C(C)(C)C2)c1.Cl. The summed E-state index contributed by atoms with van der Waals surface area (Å²) >= 11 is 0. The highest BCUT2D eigenvalue weighted by Gasteiger charge is 2.32. The van der Waals surface area contributed by atoms with Crippen LogP contribution in [0.3, 0.4) is 0 Å². The molecule has 4 nitrogen and oxygen atoms in total. The normalized spacial score (nSPS) is 23.7. The Morgan fingerprint density at radius 1 is 1.44 bits per heavy atom. The molecule has 1 aromatic rings. The molecule has 1 aliphatic rings. The first kappa shape index (κ1) is 15.5. The summed E-state index contributed by atoms with van der Waals surface area (Å²) in [5.74, 6) is 0. The Bertz CT molecular complexity index is 375. The van der Waals surface area contributed by atoms with E-state index in [1.807, 2.05) is 10.9 Å². The second-order valence-corrected chi connectivity index (χ2v) is 5.94. The fourth-order valence-electron chi connectivity index (χ4n) is 2.51. The van der Waals surface area contributed by atoms with Gasteiger partial charge in [0.2, 0.25) is 0 Å². The standard InChI is InChI=1S/C13H24N4.ClH/c1-11-8-15-17(9-11)7-6-16-5-4-12(14)13(2,3)10-16;/h8-9,12H,4-7,10,14H2,1-3H3;1H. The van der Waals surface area contributed by atoms with E-state index in [9.17, 15) is 0 Å². The van der Waals surface area contributed by atoms with Gasteiger partial charge in [-0.05, 0) is 30.9 Å². The number of halogens is 1. The summed E-state index contributed by atoms with van der Waals surface area (Å²) in [6, 6.07) is 0.339. The van der Waals surface area contributed by atoms with Crippen molar-refractivity contribution in [2.24, 2.45) is 11.1 Å². The molecule has 1 saturated heterocycles. The smallest absolute Gasteiger partial charge is 0.0536 e. The molecule has 0 aromatic carbocycles. The highest BCUT2D eigenvalue weighted by molar-refractivity contribution is 5.85. The molecular formula is C13H25ClN4. The van der Waals surface area contributed by atoms with Gasteiger partial charge in [0.05, 0.1) is 12.7 Å². The number of nitrogens with zero attached hydrogens (tertiary/aromatic N) is 3. The number of likely N-dealkylation sites (tertiary alicyclic amines) is 1. The quantitative estimate of drug-likeness (QED) is 0.911. The van der Waals surface area contributed by atoms with Crippen molar-refractivity contribution in [3.8, 4) is 0 Å². The number of nitrogens with two attached hydrogens (primary N) is 1. The predicted molar refractivity (Wildman–Crippen MR) is 77.0 cm³/mol. The van der Waals surface area contributed by atoms with E-state index in [-0.39, 0.29) is 17.8 Å². The van der Waals surface area contributed by atoms with Gasteiger partial charge in [-0.3, -0.25) is 4.68 Å². The van der Waals surface area contributed by atoms with E-state index in [0.29, 0.717) is 6.04 Å². The molecule has 1 unspecified atom stereocenters. The summed E-state index contributed by atoms with van der Waals surface area (Å²) < 4.78 is 2.02. The molecule has 0 spiro atoms. The van der Waals surface area contributed by atoms with Gasteiger partial charge in [0.1, 0.15) is 0 Å². The molecule has 0 aliphatic carbocycles. The summed E-state index contributed by atoms with van der Waals surface area (Å²) in [5, 5.41) is 4.32. The molecule has 18 heavy (non-hydrogen) atoms. The third kappa shape index (κ3) is 3.70. The van der Waals surface area contributed by atoms with Crippen LogP contribution >= 0.6 is 12.4 Å². The summed E-state index contributed by atoms with van der Waals surface area (Å²) in [5.41, 5.74) is 7.60. The number of piperidine rings is 1. The maximum Gasteiger partial charge on any atom is 0.0536 e. The van der Waals surface area contributed by atoms with Gasteiger partial charge >= 0.3 is 0 Å². The third-order valence-electron chi connectivity index (χ3n) is 3.80. The highest BCUT2D eigenvalue weighted by atomic mass is 35.5. The maximum absolute atomic E-state index is 6.14. The maximum atomic E-state index is 6.14. The topological polar surface area (TPSA) is 47.1 Å². The minimum atomic E-state index is 0. The molecule has 104 valence electrons. The van der Waals surface area contributed by atoms with Gasteiger partial charge in [-0.15, -0.1) is 12.4 Å². The van der Waals surface area contributed by atoms with Gasteiger partial charge in [-0.25, -0.2) is 0 Å². The lowest BCUT2D eigenvalue weighted by Crippen LogP contribution is -2.52. The Balaban J connectivity index is 0.00000162. The van der Waals surface area contributed by atoms with E-state index in [1.54, 1.807) is 0 Å². The zero-order valence-electron chi connectivity index (χ0n) is 11.6. The lowest BCUT2D eigenvalue weighted by atomic mass is 9.80. The molecule has 1 atom stereocenters. The predicted octanol–water partition coefficient (Wildman–Crippen LogP) is 1.67. The summed E-state index contributed by atoms with van der Waals surface area (Å²) in [4.78, 5) is 2.50. The molecule has 2 N–H and O–H groups in total. The van der Waals surface area contributed by atoms with Crippen molar-refractivity contribution in [3.05, 3.63) is 18.0 Å². The van der Waals surface area contributed by atoms with Crippen molar-refractivity contribution >= 4 is 12.4 Å². The van der Waals surface area contributed by atoms with E-state index in [4.69, 9.17) is 5.73 Å². The molecule has 1 aromatic heterocycles. The lowest BCUT2D eigenvalue weighted by Gasteiger charge is -2.42. The van der Waals surface area contributed by atoms with Crippen LogP contribution in [0.4, 0.5) is 0 Å². The van der Waals surface area contributed by atoms with Crippen molar-refractivity contribution < 1.29 is 0 Å². The van der Waals surface area contributed by atoms with Crippen molar-refractivity contribution in [2.45, 2.75) is 39.8 Å². The molecule has 0 bridgehead atoms. The third-order valence-corrected chi connectivity index (χ3v) is 3.80. The Labute approximate surface area is 116 Å². The lowest BCUT2D eigenvalue weighted by molar-refractivity contribution is 0.0917. The zero-order chi connectivity index (χ0) is 12.5. The van der Waals surface area contributed by atoms with Crippen LogP contribution in [-0.2, 0) is 6.54 Å². The van der Waals surface area contributed by atoms with Crippen LogP contribution in [0.25, 0.3) is 0 Å². The average Bonchev–Trinajstić information content (AvgIpc) is 2.66. The van der Waals surface area contributed by atoms with Crippen LogP contribution in [0.5, 0.6) is 0 Å². The minimum absolute atomic E-state index is 0. The first-order valence-corrected chi connectivity index (χ1v) is 6.44. The van der Waals surface area contributed by atoms with E-state index >= 15 is 0 Å². The van der Waals surface area contributed by atoms with Gasteiger partial charge in [-0.1, -0.05) is 13.8 Å². The Kier molecular flexibility index (Phi) is 5.20. The number of hydrogen-bond acceptors (Lipinski definition) is 3. The summed E-state index contributed by atoms with van der Waals surface area (Å²) in [7, 11) is 0. The van der Waals surface area contributed by atoms with Gasteiger partial charge in [0.25, 0.3) is 0 Å². The Morgan fingerprint density at radius 2 is 2.17 bits per heavy atom. The van der Waals surface area contributed by atoms with Crippen LogP contribution in [0, 0.1) is 12.3 Å². The van der Waals surface area contributed by atoms with Crippen LogP contribution in [-0.4, -0.2) is 40.4 Å². The van der Waals surface area contributed by atoms with Crippen LogP contribution < -0.4 is 5.73 Å². The molecule has 5 heteroatoms. The molecule has 2 heterocycles. The monoisotopic (exact) mass is 272 g/mol. The van der Waals surface area contributed by atoms with Crippen molar-refractivity contribution in [1.82, 2.24) is 14.7 Å².